The standard InChI is InChI=1S/C12H22N2O5/c1-5-6-14(8-10(15)16)12(18)13(3)7-9(2)11(17)19-4/h9H,5-8H2,1-4H3,(H,15,16). The fourth-order valence-electron chi connectivity index (χ4n) is 1.68. The molecule has 0 fully saturated rings. The number of hydrogen-bond acceptors (Lipinski definition) is 4. The molecule has 0 aromatic heterocycles. The molecule has 0 aliphatic carbocycles. The van der Waals surface area contributed by atoms with Gasteiger partial charge in [-0.2, -0.15) is 0 Å². The van der Waals surface area contributed by atoms with Crippen LogP contribution in [0.15, 0.2) is 0 Å². The molecule has 0 spiro atoms. The van der Waals surface area contributed by atoms with Crippen LogP contribution in [0.1, 0.15) is 20.3 Å². The van der Waals surface area contributed by atoms with Crippen LogP contribution < -0.4 is 0 Å². The molecule has 1 N–H and O–H groups in total. The van der Waals surface area contributed by atoms with E-state index in [0.717, 1.165) is 0 Å². The maximum absolute atomic E-state index is 12.1. The number of esters is 1. The lowest BCUT2D eigenvalue weighted by Crippen LogP contribution is -2.46. The van der Waals surface area contributed by atoms with Gasteiger partial charge in [-0.3, -0.25) is 9.59 Å². The normalized spacial score (nSPS) is 11.6. The summed E-state index contributed by atoms with van der Waals surface area (Å²) in [5.74, 6) is -1.91. The Morgan fingerprint density at radius 1 is 1.32 bits per heavy atom. The number of carbonyl (C=O) groups excluding carboxylic acids is 2. The zero-order valence-electron chi connectivity index (χ0n) is 11.9. The van der Waals surface area contributed by atoms with E-state index in [-0.39, 0.29) is 13.1 Å². The van der Waals surface area contributed by atoms with Gasteiger partial charge in [0.05, 0.1) is 13.0 Å². The third-order valence-corrected chi connectivity index (χ3v) is 2.57. The SMILES string of the molecule is CCCN(CC(=O)O)C(=O)N(C)CC(C)C(=O)OC. The number of carboxylic acids is 1. The largest absolute Gasteiger partial charge is 0.480 e. The van der Waals surface area contributed by atoms with Gasteiger partial charge in [-0.05, 0) is 6.42 Å². The molecule has 110 valence electrons. The van der Waals surface area contributed by atoms with Crippen LogP contribution in [0, 0.1) is 5.92 Å². The number of carboxylic acid groups (broad SMARTS) is 1. The summed E-state index contributed by atoms with van der Waals surface area (Å²) in [6, 6.07) is -0.403. The first kappa shape index (κ1) is 17.2. The molecule has 0 aliphatic heterocycles. The smallest absolute Gasteiger partial charge is 0.323 e. The van der Waals surface area contributed by atoms with E-state index in [9.17, 15) is 14.4 Å². The van der Waals surface area contributed by atoms with E-state index in [1.165, 1.54) is 24.0 Å². The van der Waals surface area contributed by atoms with Crippen molar-refractivity contribution >= 4 is 18.0 Å². The minimum Gasteiger partial charge on any atom is -0.480 e. The number of nitrogens with zero attached hydrogens (tertiary/aromatic N) is 2. The molecule has 7 nitrogen and oxygen atoms in total. The van der Waals surface area contributed by atoms with Gasteiger partial charge in [0, 0.05) is 20.1 Å². The quantitative estimate of drug-likeness (QED) is 0.688. The van der Waals surface area contributed by atoms with Crippen molar-refractivity contribution in [3.8, 4) is 0 Å². The summed E-state index contributed by atoms with van der Waals surface area (Å²) in [4.78, 5) is 36.6. The predicted molar refractivity (Wildman–Crippen MR) is 68.7 cm³/mol. The van der Waals surface area contributed by atoms with Crippen molar-refractivity contribution in [1.82, 2.24) is 9.80 Å². The van der Waals surface area contributed by atoms with E-state index in [1.807, 2.05) is 6.92 Å². The van der Waals surface area contributed by atoms with Gasteiger partial charge in [-0.25, -0.2) is 4.79 Å². The molecule has 0 saturated carbocycles. The fraction of sp³-hybridized carbons (Fsp3) is 0.750. The number of aliphatic carboxylic acids is 1. The zero-order valence-corrected chi connectivity index (χ0v) is 11.9. The lowest BCUT2D eigenvalue weighted by atomic mass is 10.2. The molecule has 0 bridgehead atoms. The van der Waals surface area contributed by atoms with Crippen molar-refractivity contribution in [2.24, 2.45) is 5.92 Å². The predicted octanol–water partition coefficient (Wildman–Crippen LogP) is 0.644. The molecular formula is C12H22N2O5. The maximum Gasteiger partial charge on any atom is 0.323 e. The first-order valence-electron chi connectivity index (χ1n) is 6.13. The van der Waals surface area contributed by atoms with Crippen molar-refractivity contribution in [1.29, 1.82) is 0 Å². The summed E-state index contributed by atoms with van der Waals surface area (Å²) in [6.07, 6.45) is 0.666. The van der Waals surface area contributed by atoms with Gasteiger partial charge in [0.15, 0.2) is 0 Å². The average molecular weight is 274 g/mol. The van der Waals surface area contributed by atoms with Gasteiger partial charge in [-0.1, -0.05) is 13.8 Å². The molecule has 1 atom stereocenters. The molecular weight excluding hydrogens is 252 g/mol. The van der Waals surface area contributed by atoms with Crippen molar-refractivity contribution in [2.45, 2.75) is 20.3 Å². The number of hydrogen-bond donors (Lipinski definition) is 1. The topological polar surface area (TPSA) is 87.2 Å². The van der Waals surface area contributed by atoms with Crippen LogP contribution >= 0.6 is 0 Å². The Hall–Kier alpha value is -1.79. The molecule has 7 heteroatoms. The van der Waals surface area contributed by atoms with E-state index < -0.39 is 23.9 Å². The Balaban J connectivity index is 4.57. The van der Waals surface area contributed by atoms with E-state index in [4.69, 9.17) is 5.11 Å². The first-order chi connectivity index (χ1) is 8.83. The number of ether oxygens (including phenoxy) is 1. The second-order valence-corrected chi connectivity index (χ2v) is 4.40. The summed E-state index contributed by atoms with van der Waals surface area (Å²) >= 11 is 0. The highest BCUT2D eigenvalue weighted by Crippen LogP contribution is 2.05. The van der Waals surface area contributed by atoms with Crippen LogP contribution in [0.4, 0.5) is 4.79 Å². The van der Waals surface area contributed by atoms with Crippen LogP contribution in [-0.2, 0) is 14.3 Å². The molecule has 2 amide bonds. The number of rotatable bonds is 7. The van der Waals surface area contributed by atoms with Gasteiger partial charge in [0.1, 0.15) is 6.54 Å². The molecule has 0 heterocycles. The van der Waals surface area contributed by atoms with Crippen molar-refractivity contribution < 1.29 is 24.2 Å². The van der Waals surface area contributed by atoms with E-state index in [1.54, 1.807) is 6.92 Å². The fourth-order valence-corrected chi connectivity index (χ4v) is 1.68. The Bertz CT molecular complexity index is 332. The summed E-state index contributed by atoms with van der Waals surface area (Å²) in [5, 5.41) is 8.76. The maximum atomic E-state index is 12.1. The van der Waals surface area contributed by atoms with Crippen LogP contribution in [0.5, 0.6) is 0 Å². The van der Waals surface area contributed by atoms with Gasteiger partial charge in [0.25, 0.3) is 0 Å². The number of amides is 2. The molecule has 0 aromatic carbocycles. The second-order valence-electron chi connectivity index (χ2n) is 4.40. The van der Waals surface area contributed by atoms with Gasteiger partial charge < -0.3 is 19.6 Å². The molecule has 1 unspecified atom stereocenters. The highest BCUT2D eigenvalue weighted by molar-refractivity contribution is 5.80. The molecule has 19 heavy (non-hydrogen) atoms. The van der Waals surface area contributed by atoms with Gasteiger partial charge in [0.2, 0.25) is 0 Å². The summed E-state index contributed by atoms with van der Waals surface area (Å²) in [5.41, 5.74) is 0. The lowest BCUT2D eigenvalue weighted by Gasteiger charge is -2.28. The molecule has 0 rings (SSSR count). The highest BCUT2D eigenvalue weighted by Gasteiger charge is 2.23. The van der Waals surface area contributed by atoms with Crippen LogP contribution in [0.3, 0.4) is 0 Å². The van der Waals surface area contributed by atoms with Crippen molar-refractivity contribution in [3.05, 3.63) is 0 Å². The van der Waals surface area contributed by atoms with Crippen LogP contribution in [0.2, 0.25) is 0 Å². The summed E-state index contributed by atoms with van der Waals surface area (Å²) < 4.78 is 4.58. The van der Waals surface area contributed by atoms with Crippen LogP contribution in [0.25, 0.3) is 0 Å². The molecule has 0 radical (unpaired) electrons. The van der Waals surface area contributed by atoms with E-state index in [0.29, 0.717) is 13.0 Å². The number of methoxy groups -OCH3 is 1. The van der Waals surface area contributed by atoms with E-state index >= 15 is 0 Å². The monoisotopic (exact) mass is 274 g/mol. The second kappa shape index (κ2) is 8.34. The third kappa shape index (κ3) is 6.08. The van der Waals surface area contributed by atoms with E-state index in [2.05, 4.69) is 4.74 Å². The van der Waals surface area contributed by atoms with Gasteiger partial charge >= 0.3 is 18.0 Å². The van der Waals surface area contributed by atoms with Gasteiger partial charge in [-0.15, -0.1) is 0 Å². The van der Waals surface area contributed by atoms with Crippen LogP contribution in [-0.4, -0.2) is 66.7 Å². The average Bonchev–Trinajstić information content (AvgIpc) is 2.35. The molecule has 0 aliphatic rings. The third-order valence-electron chi connectivity index (χ3n) is 2.57. The summed E-state index contributed by atoms with van der Waals surface area (Å²) in [7, 11) is 2.82. The Morgan fingerprint density at radius 3 is 2.32 bits per heavy atom. The lowest BCUT2D eigenvalue weighted by molar-refractivity contribution is -0.145. The Labute approximate surface area is 113 Å². The van der Waals surface area contributed by atoms with Crippen molar-refractivity contribution in [3.63, 3.8) is 0 Å². The first-order valence-corrected chi connectivity index (χ1v) is 6.13. The number of urea groups is 1. The molecule has 0 aromatic rings. The molecule has 0 saturated heterocycles. The summed E-state index contributed by atoms with van der Waals surface area (Å²) in [6.45, 7) is 3.72. The van der Waals surface area contributed by atoms with Crippen molar-refractivity contribution in [2.75, 3.05) is 33.8 Å². The number of carbonyl (C=O) groups is 3. The Kier molecular flexibility index (Phi) is 7.55. The minimum absolute atomic E-state index is 0.186. The zero-order chi connectivity index (χ0) is 15.0. The highest BCUT2D eigenvalue weighted by atomic mass is 16.5. The minimum atomic E-state index is -1.06. The Morgan fingerprint density at radius 2 is 1.89 bits per heavy atom.